The summed E-state index contributed by atoms with van der Waals surface area (Å²) in [6, 6.07) is 0. The monoisotopic (exact) mass is 251 g/mol. The maximum Gasteiger partial charge on any atom is 0.397 e. The largest absolute Gasteiger partial charge is 0.480 e. The highest BCUT2D eigenvalue weighted by molar-refractivity contribution is 5.90. The summed E-state index contributed by atoms with van der Waals surface area (Å²) in [5.41, 5.74) is 0.0144. The predicted octanol–water partition coefficient (Wildman–Crippen LogP) is 0.859. The summed E-state index contributed by atoms with van der Waals surface area (Å²) in [7, 11) is 0. The number of anilines is 1. The lowest BCUT2D eigenvalue weighted by Crippen LogP contribution is -2.20. The van der Waals surface area contributed by atoms with Gasteiger partial charge in [0.1, 0.15) is 13.0 Å². The minimum absolute atomic E-state index is 0.0144. The van der Waals surface area contributed by atoms with Crippen LogP contribution in [0.1, 0.15) is 6.42 Å². The maximum atomic E-state index is 11.8. The Morgan fingerprint density at radius 1 is 1.47 bits per heavy atom. The third-order valence-electron chi connectivity index (χ3n) is 1.58. The number of aromatic nitrogens is 2. The Labute approximate surface area is 93.0 Å². The van der Waals surface area contributed by atoms with Gasteiger partial charge in [-0.3, -0.25) is 14.3 Å². The molecule has 0 aliphatic carbocycles. The molecule has 0 radical (unpaired) electrons. The van der Waals surface area contributed by atoms with Crippen molar-refractivity contribution >= 4 is 17.6 Å². The number of nitrogens with one attached hydrogen (secondary N) is 1. The minimum Gasteiger partial charge on any atom is -0.480 e. The highest BCUT2D eigenvalue weighted by Gasteiger charge is 2.31. The van der Waals surface area contributed by atoms with Crippen LogP contribution in [0.25, 0.3) is 0 Å². The number of carbonyl (C=O) groups is 2. The molecule has 0 unspecified atom stereocenters. The first-order chi connectivity index (χ1) is 7.76. The van der Waals surface area contributed by atoms with Crippen LogP contribution in [0.3, 0.4) is 0 Å². The van der Waals surface area contributed by atoms with Crippen LogP contribution in [0.4, 0.5) is 18.9 Å². The number of carbonyl (C=O) groups excluding carboxylic acids is 1. The van der Waals surface area contributed by atoms with E-state index in [2.05, 4.69) is 5.10 Å². The topological polar surface area (TPSA) is 84.2 Å². The van der Waals surface area contributed by atoms with Crippen LogP contribution in [-0.4, -0.2) is 32.9 Å². The zero-order chi connectivity index (χ0) is 13.1. The second-order valence-corrected chi connectivity index (χ2v) is 3.16. The van der Waals surface area contributed by atoms with Crippen molar-refractivity contribution in [1.29, 1.82) is 0 Å². The number of aliphatic carboxylic acids is 1. The Bertz CT molecular complexity index is 427. The van der Waals surface area contributed by atoms with Gasteiger partial charge in [-0.25, -0.2) is 0 Å². The normalized spacial score (nSPS) is 11.2. The van der Waals surface area contributed by atoms with Gasteiger partial charge in [0, 0.05) is 6.20 Å². The molecule has 1 aromatic rings. The highest BCUT2D eigenvalue weighted by Crippen LogP contribution is 2.20. The molecule has 6 nitrogen and oxygen atoms in total. The van der Waals surface area contributed by atoms with Crippen LogP contribution in [0.15, 0.2) is 12.4 Å². The average molecular weight is 251 g/mol. The lowest BCUT2D eigenvalue weighted by molar-refractivity contribution is -0.150. The van der Waals surface area contributed by atoms with Crippen molar-refractivity contribution in [2.45, 2.75) is 19.1 Å². The van der Waals surface area contributed by atoms with Gasteiger partial charge in [-0.1, -0.05) is 0 Å². The van der Waals surface area contributed by atoms with Crippen LogP contribution < -0.4 is 5.32 Å². The van der Waals surface area contributed by atoms with Crippen molar-refractivity contribution in [2.24, 2.45) is 0 Å². The number of nitrogens with zero attached hydrogens (tertiary/aromatic N) is 2. The van der Waals surface area contributed by atoms with Crippen LogP contribution in [0, 0.1) is 0 Å². The molecule has 0 spiro atoms. The molecule has 17 heavy (non-hydrogen) atoms. The molecule has 1 aromatic heterocycles. The average Bonchev–Trinajstić information content (AvgIpc) is 2.46. The fourth-order valence-electron chi connectivity index (χ4n) is 1.04. The Kier molecular flexibility index (Phi) is 3.71. The molecular formula is C8H8F3N3O3. The van der Waals surface area contributed by atoms with E-state index in [1.54, 1.807) is 0 Å². The van der Waals surface area contributed by atoms with Gasteiger partial charge in [0.25, 0.3) is 0 Å². The minimum atomic E-state index is -4.58. The Morgan fingerprint density at radius 2 is 2.12 bits per heavy atom. The molecule has 94 valence electrons. The number of hydrogen-bond acceptors (Lipinski definition) is 3. The van der Waals surface area contributed by atoms with E-state index >= 15 is 0 Å². The number of alkyl halides is 3. The van der Waals surface area contributed by atoms with Crippen molar-refractivity contribution in [3.8, 4) is 0 Å². The van der Waals surface area contributed by atoms with E-state index in [4.69, 9.17) is 5.11 Å². The smallest absolute Gasteiger partial charge is 0.397 e. The van der Waals surface area contributed by atoms with Crippen molar-refractivity contribution in [3.63, 3.8) is 0 Å². The van der Waals surface area contributed by atoms with E-state index < -0.39 is 31.0 Å². The molecule has 0 bridgehead atoms. The van der Waals surface area contributed by atoms with Gasteiger partial charge in [-0.05, 0) is 0 Å². The van der Waals surface area contributed by atoms with Crippen LogP contribution >= 0.6 is 0 Å². The van der Waals surface area contributed by atoms with E-state index in [1.165, 1.54) is 0 Å². The molecule has 0 aliphatic rings. The zero-order valence-corrected chi connectivity index (χ0v) is 8.36. The lowest BCUT2D eigenvalue weighted by atomic mass is 10.4. The lowest BCUT2D eigenvalue weighted by Gasteiger charge is -2.05. The van der Waals surface area contributed by atoms with Crippen molar-refractivity contribution in [2.75, 3.05) is 5.32 Å². The molecule has 9 heteroatoms. The highest BCUT2D eigenvalue weighted by atomic mass is 19.4. The number of rotatable bonds is 4. The third kappa shape index (κ3) is 5.00. The van der Waals surface area contributed by atoms with E-state index in [0.717, 1.165) is 17.1 Å². The summed E-state index contributed by atoms with van der Waals surface area (Å²) in [6.07, 6.45) is -3.99. The fourth-order valence-corrected chi connectivity index (χ4v) is 1.04. The van der Waals surface area contributed by atoms with E-state index in [-0.39, 0.29) is 5.69 Å². The first kappa shape index (κ1) is 13.0. The van der Waals surface area contributed by atoms with Crippen LogP contribution in [0.5, 0.6) is 0 Å². The van der Waals surface area contributed by atoms with Gasteiger partial charge in [0.05, 0.1) is 11.9 Å². The summed E-state index contributed by atoms with van der Waals surface area (Å²) in [5.74, 6) is -2.38. The standard InChI is InChI=1S/C8H8F3N3O3/c9-8(10,11)1-6(15)13-5-2-12-14(3-5)4-7(16)17/h2-3H,1,4H2,(H,13,15)(H,16,17). The first-order valence-corrected chi connectivity index (χ1v) is 4.37. The first-order valence-electron chi connectivity index (χ1n) is 4.37. The SMILES string of the molecule is O=C(O)Cn1cc(NC(=O)CC(F)(F)F)cn1. The van der Waals surface area contributed by atoms with Gasteiger partial charge in [-0.15, -0.1) is 0 Å². The number of hydrogen-bond donors (Lipinski definition) is 2. The van der Waals surface area contributed by atoms with Gasteiger partial charge in [0.2, 0.25) is 5.91 Å². The number of amides is 1. The van der Waals surface area contributed by atoms with E-state index in [0.29, 0.717) is 0 Å². The molecule has 0 fully saturated rings. The van der Waals surface area contributed by atoms with E-state index in [9.17, 15) is 22.8 Å². The molecule has 2 N–H and O–H groups in total. The number of carboxylic acid groups (broad SMARTS) is 1. The molecule has 0 aliphatic heterocycles. The second-order valence-electron chi connectivity index (χ2n) is 3.16. The summed E-state index contributed by atoms with van der Waals surface area (Å²) < 4.78 is 36.5. The maximum absolute atomic E-state index is 11.8. The van der Waals surface area contributed by atoms with E-state index in [1.807, 2.05) is 5.32 Å². The quantitative estimate of drug-likeness (QED) is 0.831. The molecule has 0 aromatic carbocycles. The molecule has 1 amide bonds. The Balaban J connectivity index is 2.55. The molecule has 0 saturated carbocycles. The van der Waals surface area contributed by atoms with Crippen LogP contribution in [0.2, 0.25) is 0 Å². The molecule has 1 rings (SSSR count). The third-order valence-corrected chi connectivity index (χ3v) is 1.58. The zero-order valence-electron chi connectivity index (χ0n) is 8.36. The van der Waals surface area contributed by atoms with Gasteiger partial charge in [-0.2, -0.15) is 18.3 Å². The fraction of sp³-hybridized carbons (Fsp3) is 0.375. The van der Waals surface area contributed by atoms with Gasteiger partial charge in [0.15, 0.2) is 0 Å². The Hall–Kier alpha value is -2.06. The van der Waals surface area contributed by atoms with Gasteiger partial charge < -0.3 is 10.4 Å². The number of halogens is 3. The summed E-state index contributed by atoms with van der Waals surface area (Å²) in [5, 5.41) is 13.9. The number of carboxylic acids is 1. The molecule has 0 atom stereocenters. The second kappa shape index (κ2) is 4.85. The van der Waals surface area contributed by atoms with Gasteiger partial charge >= 0.3 is 12.1 Å². The van der Waals surface area contributed by atoms with Crippen molar-refractivity contribution in [3.05, 3.63) is 12.4 Å². The Morgan fingerprint density at radius 3 is 2.65 bits per heavy atom. The van der Waals surface area contributed by atoms with Crippen molar-refractivity contribution in [1.82, 2.24) is 9.78 Å². The summed E-state index contributed by atoms with van der Waals surface area (Å²) >= 11 is 0. The van der Waals surface area contributed by atoms with Crippen molar-refractivity contribution < 1.29 is 27.9 Å². The molecule has 0 saturated heterocycles. The molecular weight excluding hydrogens is 243 g/mol. The molecule has 1 heterocycles. The van der Waals surface area contributed by atoms with Crippen LogP contribution in [-0.2, 0) is 16.1 Å². The summed E-state index contributed by atoms with van der Waals surface area (Å²) in [6.45, 7) is -0.435. The predicted molar refractivity (Wildman–Crippen MR) is 49.2 cm³/mol. The summed E-state index contributed by atoms with van der Waals surface area (Å²) in [4.78, 5) is 21.2.